The zero-order valence-electron chi connectivity index (χ0n) is 12.9. The summed E-state index contributed by atoms with van der Waals surface area (Å²) in [4.78, 5) is 16.2. The average Bonchev–Trinajstić information content (AvgIpc) is 2.77. The molecule has 1 amide bonds. The van der Waals surface area contributed by atoms with Crippen LogP contribution in [0, 0.1) is 6.92 Å². The SMILES string of the molecule is Cc1nc(C(=O)NCC(C)(C)N)nn1-c1c(Cl)cccc1Cl.Cl. The van der Waals surface area contributed by atoms with Crippen molar-refractivity contribution >= 4 is 41.5 Å². The molecule has 3 N–H and O–H groups in total. The predicted octanol–water partition coefficient (Wildman–Crippen LogP) is 2.77. The summed E-state index contributed by atoms with van der Waals surface area (Å²) < 4.78 is 1.45. The molecule has 1 aromatic carbocycles. The molecule has 0 spiro atoms. The molecule has 2 rings (SSSR count). The number of amides is 1. The number of aryl methyl sites for hydroxylation is 1. The van der Waals surface area contributed by atoms with Crippen LogP contribution in [0.1, 0.15) is 30.3 Å². The minimum Gasteiger partial charge on any atom is -0.347 e. The van der Waals surface area contributed by atoms with Crippen molar-refractivity contribution < 1.29 is 4.79 Å². The highest BCUT2D eigenvalue weighted by Crippen LogP contribution is 2.28. The molecule has 0 saturated heterocycles. The summed E-state index contributed by atoms with van der Waals surface area (Å²) in [5.74, 6) is 0.147. The van der Waals surface area contributed by atoms with E-state index in [-0.39, 0.29) is 18.2 Å². The molecule has 0 bridgehead atoms. The second-order valence-electron chi connectivity index (χ2n) is 5.64. The molecule has 126 valence electrons. The Morgan fingerprint density at radius 1 is 1.35 bits per heavy atom. The third-order valence-corrected chi connectivity index (χ3v) is 3.44. The number of hydrogen-bond acceptors (Lipinski definition) is 4. The van der Waals surface area contributed by atoms with Gasteiger partial charge in [-0.3, -0.25) is 4.79 Å². The molecule has 1 heterocycles. The maximum absolute atomic E-state index is 12.1. The molecular formula is C14H18Cl3N5O. The molecule has 2 aromatic rings. The van der Waals surface area contributed by atoms with Crippen molar-refractivity contribution in [3.63, 3.8) is 0 Å². The second kappa shape index (κ2) is 7.49. The highest BCUT2D eigenvalue weighted by Gasteiger charge is 2.20. The largest absolute Gasteiger partial charge is 0.347 e. The molecular weight excluding hydrogens is 361 g/mol. The Hall–Kier alpha value is -1.34. The molecule has 0 unspecified atom stereocenters. The number of para-hydroxylation sites is 1. The molecule has 0 fully saturated rings. The van der Waals surface area contributed by atoms with Crippen molar-refractivity contribution in [3.05, 3.63) is 39.9 Å². The van der Waals surface area contributed by atoms with Gasteiger partial charge in [-0.05, 0) is 32.9 Å². The molecule has 0 aliphatic heterocycles. The third kappa shape index (κ3) is 4.81. The number of rotatable bonds is 4. The Morgan fingerprint density at radius 3 is 2.43 bits per heavy atom. The predicted molar refractivity (Wildman–Crippen MR) is 94.0 cm³/mol. The van der Waals surface area contributed by atoms with Gasteiger partial charge in [0, 0.05) is 12.1 Å². The van der Waals surface area contributed by atoms with Gasteiger partial charge in [0.1, 0.15) is 11.5 Å². The van der Waals surface area contributed by atoms with Crippen LogP contribution in [0.3, 0.4) is 0 Å². The van der Waals surface area contributed by atoms with Crippen LogP contribution < -0.4 is 11.1 Å². The van der Waals surface area contributed by atoms with E-state index in [1.165, 1.54) is 4.68 Å². The van der Waals surface area contributed by atoms with Gasteiger partial charge in [-0.1, -0.05) is 29.3 Å². The molecule has 0 aliphatic carbocycles. The standard InChI is InChI=1S/C14H17Cl2N5O.ClH/c1-8-19-12(13(22)18-7-14(2,3)17)20-21(8)11-9(15)5-4-6-10(11)16;/h4-6H,7,17H2,1-3H3,(H,18,22);1H. The Bertz CT molecular complexity index is 689. The molecule has 0 aliphatic rings. The van der Waals surface area contributed by atoms with E-state index in [1.807, 2.05) is 13.8 Å². The Balaban J connectivity index is 0.00000264. The van der Waals surface area contributed by atoms with Crippen molar-refractivity contribution in [2.75, 3.05) is 6.54 Å². The van der Waals surface area contributed by atoms with Gasteiger partial charge in [-0.15, -0.1) is 17.5 Å². The van der Waals surface area contributed by atoms with Crippen LogP contribution in [0.25, 0.3) is 5.69 Å². The molecule has 23 heavy (non-hydrogen) atoms. The smallest absolute Gasteiger partial charge is 0.291 e. The number of hydrogen-bond donors (Lipinski definition) is 2. The Morgan fingerprint density at radius 2 is 1.91 bits per heavy atom. The fourth-order valence-corrected chi connectivity index (χ4v) is 2.33. The van der Waals surface area contributed by atoms with E-state index in [9.17, 15) is 4.79 Å². The van der Waals surface area contributed by atoms with Gasteiger partial charge in [0.15, 0.2) is 0 Å². The first-order valence-electron chi connectivity index (χ1n) is 6.64. The van der Waals surface area contributed by atoms with Crippen LogP contribution in [0.4, 0.5) is 0 Å². The van der Waals surface area contributed by atoms with Gasteiger partial charge < -0.3 is 11.1 Å². The molecule has 0 saturated carbocycles. The van der Waals surface area contributed by atoms with E-state index in [2.05, 4.69) is 15.4 Å². The quantitative estimate of drug-likeness (QED) is 0.856. The van der Waals surface area contributed by atoms with Gasteiger partial charge in [-0.2, -0.15) is 0 Å². The normalized spacial score (nSPS) is 11.0. The summed E-state index contributed by atoms with van der Waals surface area (Å²) >= 11 is 12.3. The second-order valence-corrected chi connectivity index (χ2v) is 6.45. The van der Waals surface area contributed by atoms with Crippen molar-refractivity contribution in [2.24, 2.45) is 5.73 Å². The summed E-state index contributed by atoms with van der Waals surface area (Å²) in [6.45, 7) is 5.66. The van der Waals surface area contributed by atoms with Gasteiger partial charge in [-0.25, -0.2) is 9.67 Å². The van der Waals surface area contributed by atoms with E-state index >= 15 is 0 Å². The summed E-state index contributed by atoms with van der Waals surface area (Å²) in [6, 6.07) is 5.12. The fourth-order valence-electron chi connectivity index (χ4n) is 1.78. The monoisotopic (exact) mass is 377 g/mol. The van der Waals surface area contributed by atoms with Gasteiger partial charge in [0.2, 0.25) is 5.82 Å². The Labute approximate surface area is 150 Å². The molecule has 0 radical (unpaired) electrons. The zero-order valence-corrected chi connectivity index (χ0v) is 15.3. The first-order valence-corrected chi connectivity index (χ1v) is 7.40. The van der Waals surface area contributed by atoms with Gasteiger partial charge in [0.25, 0.3) is 5.91 Å². The fraction of sp³-hybridized carbons (Fsp3) is 0.357. The zero-order chi connectivity index (χ0) is 16.5. The van der Waals surface area contributed by atoms with E-state index in [1.54, 1.807) is 25.1 Å². The van der Waals surface area contributed by atoms with Crippen molar-refractivity contribution in [3.8, 4) is 5.69 Å². The molecule has 0 atom stereocenters. The van der Waals surface area contributed by atoms with Crippen LogP contribution in [-0.4, -0.2) is 32.8 Å². The van der Waals surface area contributed by atoms with Crippen molar-refractivity contribution in [1.29, 1.82) is 0 Å². The first-order chi connectivity index (χ1) is 10.2. The van der Waals surface area contributed by atoms with Crippen molar-refractivity contribution in [1.82, 2.24) is 20.1 Å². The summed E-state index contributed by atoms with van der Waals surface area (Å²) in [5, 5.41) is 7.73. The van der Waals surface area contributed by atoms with Crippen molar-refractivity contribution in [2.45, 2.75) is 26.3 Å². The minimum absolute atomic E-state index is 0. The molecule has 1 aromatic heterocycles. The van der Waals surface area contributed by atoms with Crippen LogP contribution in [0.5, 0.6) is 0 Å². The summed E-state index contributed by atoms with van der Waals surface area (Å²) in [6.07, 6.45) is 0. The lowest BCUT2D eigenvalue weighted by Crippen LogP contribution is -2.45. The number of carbonyl (C=O) groups is 1. The minimum atomic E-state index is -0.515. The van der Waals surface area contributed by atoms with E-state index < -0.39 is 11.4 Å². The van der Waals surface area contributed by atoms with E-state index in [0.29, 0.717) is 28.1 Å². The first kappa shape index (κ1) is 19.7. The lowest BCUT2D eigenvalue weighted by Gasteiger charge is -2.18. The number of nitrogens with one attached hydrogen (secondary N) is 1. The van der Waals surface area contributed by atoms with E-state index in [0.717, 1.165) is 0 Å². The number of carbonyl (C=O) groups excluding carboxylic acids is 1. The maximum atomic E-state index is 12.1. The van der Waals surface area contributed by atoms with Crippen LogP contribution in [0.15, 0.2) is 18.2 Å². The Kier molecular flexibility index (Phi) is 6.41. The lowest BCUT2D eigenvalue weighted by molar-refractivity contribution is 0.0935. The van der Waals surface area contributed by atoms with Crippen LogP contribution in [-0.2, 0) is 0 Å². The molecule has 9 heteroatoms. The lowest BCUT2D eigenvalue weighted by atomic mass is 10.1. The number of halogens is 3. The summed E-state index contributed by atoms with van der Waals surface area (Å²) in [5.41, 5.74) is 5.81. The van der Waals surface area contributed by atoms with E-state index in [4.69, 9.17) is 28.9 Å². The summed E-state index contributed by atoms with van der Waals surface area (Å²) in [7, 11) is 0. The highest BCUT2D eigenvalue weighted by molar-refractivity contribution is 6.37. The van der Waals surface area contributed by atoms with Crippen LogP contribution >= 0.6 is 35.6 Å². The van der Waals surface area contributed by atoms with Gasteiger partial charge in [0.05, 0.1) is 10.0 Å². The number of nitrogens with two attached hydrogens (primary N) is 1. The maximum Gasteiger partial charge on any atom is 0.291 e. The van der Waals surface area contributed by atoms with Gasteiger partial charge >= 0.3 is 0 Å². The molecule has 6 nitrogen and oxygen atoms in total. The highest BCUT2D eigenvalue weighted by atomic mass is 35.5. The average molecular weight is 379 g/mol. The number of aromatic nitrogens is 3. The third-order valence-electron chi connectivity index (χ3n) is 2.83. The topological polar surface area (TPSA) is 85.8 Å². The number of benzene rings is 1. The number of nitrogens with zero attached hydrogens (tertiary/aromatic N) is 3. The van der Waals surface area contributed by atoms with Crippen LogP contribution in [0.2, 0.25) is 10.0 Å².